The molecule has 1 unspecified atom stereocenters. The summed E-state index contributed by atoms with van der Waals surface area (Å²) >= 11 is 0. The molecular weight excluding hydrogens is 270 g/mol. The Morgan fingerprint density at radius 3 is 2.86 bits per heavy atom. The third kappa shape index (κ3) is 2.58. The number of fused-ring (bicyclic) bond motifs is 1. The van der Waals surface area contributed by atoms with Crippen LogP contribution in [0.5, 0.6) is 0 Å². The maximum absolute atomic E-state index is 5.45. The molecule has 1 atom stereocenters. The van der Waals surface area contributed by atoms with Crippen LogP contribution in [0.1, 0.15) is 6.42 Å². The van der Waals surface area contributed by atoms with Crippen molar-refractivity contribution >= 4 is 17.1 Å². The summed E-state index contributed by atoms with van der Waals surface area (Å²) in [4.78, 5) is 15.7. The fourth-order valence-corrected chi connectivity index (χ4v) is 2.90. The van der Waals surface area contributed by atoms with Gasteiger partial charge >= 0.3 is 0 Å². The van der Waals surface area contributed by atoms with Gasteiger partial charge in [0.25, 0.3) is 0 Å². The number of hydrogen-bond acceptors (Lipinski definition) is 6. The maximum Gasteiger partial charge on any atom is 0.227 e. The summed E-state index contributed by atoms with van der Waals surface area (Å²) < 4.78 is 13.0. The van der Waals surface area contributed by atoms with Crippen LogP contribution < -0.4 is 4.90 Å². The predicted molar refractivity (Wildman–Crippen MR) is 77.3 cm³/mol. The average molecular weight is 289 g/mol. The Morgan fingerprint density at radius 1 is 1.14 bits per heavy atom. The second-order valence-electron chi connectivity index (χ2n) is 5.60. The largest absolute Gasteiger partial charge is 0.381 e. The molecule has 2 aromatic heterocycles. The van der Waals surface area contributed by atoms with Gasteiger partial charge in [-0.15, -0.1) is 0 Å². The van der Waals surface area contributed by atoms with E-state index in [-0.39, 0.29) is 0 Å². The van der Waals surface area contributed by atoms with E-state index in [1.165, 1.54) is 0 Å². The van der Waals surface area contributed by atoms with Crippen molar-refractivity contribution in [3.63, 3.8) is 0 Å². The van der Waals surface area contributed by atoms with Crippen LogP contribution in [0.15, 0.2) is 12.5 Å². The van der Waals surface area contributed by atoms with Crippen LogP contribution in [0.4, 0.5) is 5.95 Å². The van der Waals surface area contributed by atoms with Gasteiger partial charge in [0.05, 0.1) is 32.3 Å². The van der Waals surface area contributed by atoms with E-state index in [1.807, 2.05) is 12.5 Å². The monoisotopic (exact) mass is 289 g/mol. The van der Waals surface area contributed by atoms with E-state index in [4.69, 9.17) is 14.5 Å². The summed E-state index contributed by atoms with van der Waals surface area (Å²) in [6.07, 6.45) is 4.79. The smallest absolute Gasteiger partial charge is 0.227 e. The molecular formula is C14H19N5O2. The molecule has 7 nitrogen and oxygen atoms in total. The predicted octanol–water partition coefficient (Wildman–Crippen LogP) is 0.699. The fraction of sp³-hybridized carbons (Fsp3) is 0.643. The molecule has 0 amide bonds. The molecule has 21 heavy (non-hydrogen) atoms. The Balaban J connectivity index is 1.61. The molecule has 7 heteroatoms. The topological polar surface area (TPSA) is 65.3 Å². The van der Waals surface area contributed by atoms with Crippen LogP contribution in [0.2, 0.25) is 0 Å². The number of rotatable bonds is 3. The van der Waals surface area contributed by atoms with Crippen LogP contribution in [0, 0.1) is 5.92 Å². The summed E-state index contributed by atoms with van der Waals surface area (Å²) in [7, 11) is 0. The van der Waals surface area contributed by atoms with Gasteiger partial charge in [-0.05, 0) is 6.42 Å². The third-order valence-electron chi connectivity index (χ3n) is 4.12. The highest BCUT2D eigenvalue weighted by atomic mass is 16.5. The Kier molecular flexibility index (Phi) is 3.44. The van der Waals surface area contributed by atoms with E-state index in [0.717, 1.165) is 69.6 Å². The minimum Gasteiger partial charge on any atom is -0.381 e. The first-order chi connectivity index (χ1) is 10.4. The van der Waals surface area contributed by atoms with Crippen molar-refractivity contribution in [1.29, 1.82) is 0 Å². The quantitative estimate of drug-likeness (QED) is 0.828. The normalized spacial score (nSPS) is 23.0. The average Bonchev–Trinajstić information content (AvgIpc) is 3.19. The van der Waals surface area contributed by atoms with Gasteiger partial charge in [0.1, 0.15) is 5.52 Å². The second-order valence-corrected chi connectivity index (χ2v) is 5.60. The zero-order valence-electron chi connectivity index (χ0n) is 11.9. The molecule has 0 radical (unpaired) electrons. The molecule has 2 aliphatic heterocycles. The minimum absolute atomic E-state index is 0.559. The summed E-state index contributed by atoms with van der Waals surface area (Å²) in [6.45, 7) is 5.77. The van der Waals surface area contributed by atoms with Crippen molar-refractivity contribution in [3.8, 4) is 0 Å². The molecule has 0 saturated carbocycles. The molecule has 4 rings (SSSR count). The van der Waals surface area contributed by atoms with Crippen molar-refractivity contribution < 1.29 is 9.47 Å². The van der Waals surface area contributed by atoms with Gasteiger partial charge in [-0.3, -0.25) is 0 Å². The van der Waals surface area contributed by atoms with Crippen molar-refractivity contribution in [2.45, 2.75) is 13.0 Å². The van der Waals surface area contributed by atoms with E-state index in [2.05, 4.69) is 19.4 Å². The number of imidazole rings is 1. The van der Waals surface area contributed by atoms with E-state index in [0.29, 0.717) is 5.92 Å². The lowest BCUT2D eigenvalue weighted by Crippen LogP contribution is -2.37. The number of ether oxygens (including phenoxy) is 2. The third-order valence-corrected chi connectivity index (χ3v) is 4.12. The van der Waals surface area contributed by atoms with E-state index in [9.17, 15) is 0 Å². The minimum atomic E-state index is 0.559. The molecule has 112 valence electrons. The van der Waals surface area contributed by atoms with E-state index >= 15 is 0 Å². The Morgan fingerprint density at radius 2 is 2.05 bits per heavy atom. The van der Waals surface area contributed by atoms with Crippen LogP contribution >= 0.6 is 0 Å². The van der Waals surface area contributed by atoms with Gasteiger partial charge in [-0.2, -0.15) is 4.98 Å². The molecule has 0 spiro atoms. The Bertz CT molecular complexity index is 617. The molecule has 4 heterocycles. The number of aromatic nitrogens is 4. The lowest BCUT2D eigenvalue weighted by molar-refractivity contribution is 0.122. The van der Waals surface area contributed by atoms with Gasteiger partial charge in [-0.25, -0.2) is 9.97 Å². The van der Waals surface area contributed by atoms with E-state index < -0.39 is 0 Å². The first-order valence-corrected chi connectivity index (χ1v) is 7.48. The molecule has 2 fully saturated rings. The van der Waals surface area contributed by atoms with Gasteiger partial charge in [0.2, 0.25) is 5.95 Å². The standard InChI is InChI=1S/C14H19N5O2/c1-4-21-9-11(1)8-19-10-16-12-7-15-14(17-13(12)19)18-2-5-20-6-3-18/h7,10-11H,1-6,8-9H2. The molecule has 0 bridgehead atoms. The molecule has 2 aliphatic rings. The first kappa shape index (κ1) is 13.0. The summed E-state index contributed by atoms with van der Waals surface area (Å²) in [5.74, 6) is 1.33. The van der Waals surface area contributed by atoms with Gasteiger partial charge in [0, 0.05) is 32.2 Å². The summed E-state index contributed by atoms with van der Waals surface area (Å²) in [6, 6.07) is 0. The van der Waals surface area contributed by atoms with Gasteiger partial charge in [0.15, 0.2) is 5.65 Å². The highest BCUT2D eigenvalue weighted by molar-refractivity contribution is 5.71. The molecule has 2 aromatic rings. The van der Waals surface area contributed by atoms with Crippen LogP contribution in [-0.4, -0.2) is 59.0 Å². The van der Waals surface area contributed by atoms with Crippen molar-refractivity contribution in [3.05, 3.63) is 12.5 Å². The second kappa shape index (κ2) is 5.57. The summed E-state index contributed by atoms with van der Waals surface area (Å²) in [5, 5.41) is 0. The maximum atomic E-state index is 5.45. The number of hydrogen-bond donors (Lipinski definition) is 0. The summed E-state index contributed by atoms with van der Waals surface area (Å²) in [5.41, 5.74) is 1.77. The van der Waals surface area contributed by atoms with Gasteiger partial charge in [-0.1, -0.05) is 0 Å². The number of nitrogens with zero attached hydrogens (tertiary/aromatic N) is 5. The zero-order chi connectivity index (χ0) is 14.1. The van der Waals surface area contributed by atoms with Crippen LogP contribution in [-0.2, 0) is 16.0 Å². The fourth-order valence-electron chi connectivity index (χ4n) is 2.90. The number of morpholine rings is 1. The van der Waals surface area contributed by atoms with E-state index in [1.54, 1.807) is 0 Å². The molecule has 0 N–H and O–H groups in total. The van der Waals surface area contributed by atoms with Crippen LogP contribution in [0.3, 0.4) is 0 Å². The highest BCUT2D eigenvalue weighted by Crippen LogP contribution is 2.19. The first-order valence-electron chi connectivity index (χ1n) is 7.48. The lowest BCUT2D eigenvalue weighted by atomic mass is 10.1. The van der Waals surface area contributed by atoms with Gasteiger partial charge < -0.3 is 18.9 Å². The SMILES string of the molecule is c1nc(N2CCOCC2)nc2c1ncn2CC1CCOC1. The zero-order valence-corrected chi connectivity index (χ0v) is 11.9. The van der Waals surface area contributed by atoms with Crippen molar-refractivity contribution in [2.75, 3.05) is 44.4 Å². The molecule has 0 aliphatic carbocycles. The van der Waals surface area contributed by atoms with Crippen LogP contribution in [0.25, 0.3) is 11.2 Å². The molecule has 0 aromatic carbocycles. The Hall–Kier alpha value is -1.73. The lowest BCUT2D eigenvalue weighted by Gasteiger charge is -2.26. The number of anilines is 1. The van der Waals surface area contributed by atoms with Crippen molar-refractivity contribution in [2.24, 2.45) is 5.92 Å². The molecule has 2 saturated heterocycles. The highest BCUT2D eigenvalue weighted by Gasteiger charge is 2.19. The Labute approximate surface area is 122 Å². The van der Waals surface area contributed by atoms with Crippen molar-refractivity contribution in [1.82, 2.24) is 19.5 Å².